The fourth-order valence-electron chi connectivity index (χ4n) is 2.26. The van der Waals surface area contributed by atoms with Crippen molar-refractivity contribution in [3.8, 4) is 0 Å². The summed E-state index contributed by atoms with van der Waals surface area (Å²) in [4.78, 5) is 2.32. The molecule has 92 valence electrons. The van der Waals surface area contributed by atoms with Gasteiger partial charge in [0.15, 0.2) is 0 Å². The Morgan fingerprint density at radius 2 is 2.06 bits per heavy atom. The van der Waals surface area contributed by atoms with Gasteiger partial charge in [0.25, 0.3) is 0 Å². The second-order valence-electron chi connectivity index (χ2n) is 5.34. The molecule has 0 spiro atoms. The Kier molecular flexibility index (Phi) is 4.64. The summed E-state index contributed by atoms with van der Waals surface area (Å²) in [6.45, 7) is 10.3. The molecular formula is C15H27N. The van der Waals surface area contributed by atoms with Crippen molar-refractivity contribution >= 4 is 0 Å². The van der Waals surface area contributed by atoms with E-state index in [2.05, 4.69) is 51.8 Å². The summed E-state index contributed by atoms with van der Waals surface area (Å²) < 4.78 is 0. The molecule has 0 saturated carbocycles. The van der Waals surface area contributed by atoms with E-state index in [4.69, 9.17) is 0 Å². The Morgan fingerprint density at radius 3 is 2.56 bits per heavy atom. The lowest BCUT2D eigenvalue weighted by Gasteiger charge is -2.35. The van der Waals surface area contributed by atoms with Crippen LogP contribution in [0.4, 0.5) is 0 Å². The van der Waals surface area contributed by atoms with E-state index >= 15 is 0 Å². The summed E-state index contributed by atoms with van der Waals surface area (Å²) in [5.74, 6) is 0. The maximum absolute atomic E-state index is 2.41. The monoisotopic (exact) mass is 221 g/mol. The topological polar surface area (TPSA) is 3.24 Å². The average molecular weight is 221 g/mol. The number of unbranched alkanes of at least 4 members (excludes halogenated alkanes) is 1. The van der Waals surface area contributed by atoms with Gasteiger partial charge in [-0.3, -0.25) is 0 Å². The van der Waals surface area contributed by atoms with E-state index < -0.39 is 0 Å². The standard InChI is InChI=1S/C15H27N/c1-6-8-10-15(4)11-9-14(12-13(15)3)16(5)7-2/h9,12H,6-8,10-11H2,1-5H3. The molecule has 1 rings (SSSR count). The maximum Gasteiger partial charge on any atom is 0.0322 e. The van der Waals surface area contributed by atoms with Gasteiger partial charge in [-0.25, -0.2) is 0 Å². The van der Waals surface area contributed by atoms with Gasteiger partial charge >= 0.3 is 0 Å². The van der Waals surface area contributed by atoms with Gasteiger partial charge in [-0.05, 0) is 38.2 Å². The van der Waals surface area contributed by atoms with Gasteiger partial charge in [-0.15, -0.1) is 0 Å². The van der Waals surface area contributed by atoms with Gasteiger partial charge in [0, 0.05) is 19.3 Å². The van der Waals surface area contributed by atoms with Crippen molar-refractivity contribution in [3.63, 3.8) is 0 Å². The molecular weight excluding hydrogens is 194 g/mol. The Labute approximate surface area is 101 Å². The highest BCUT2D eigenvalue weighted by atomic mass is 15.1. The number of allylic oxidation sites excluding steroid dienone is 3. The molecule has 0 bridgehead atoms. The number of hydrogen-bond donors (Lipinski definition) is 0. The fourth-order valence-corrected chi connectivity index (χ4v) is 2.26. The van der Waals surface area contributed by atoms with Crippen molar-refractivity contribution in [3.05, 3.63) is 23.4 Å². The minimum Gasteiger partial charge on any atom is -0.375 e. The van der Waals surface area contributed by atoms with Gasteiger partial charge < -0.3 is 4.90 Å². The third-order valence-corrected chi connectivity index (χ3v) is 4.08. The van der Waals surface area contributed by atoms with Crippen LogP contribution in [0.1, 0.15) is 53.4 Å². The van der Waals surface area contributed by atoms with E-state index in [1.807, 2.05) is 0 Å². The SMILES string of the molecule is CCCCC1(C)CC=C(N(C)CC)C=C1C. The van der Waals surface area contributed by atoms with E-state index in [9.17, 15) is 0 Å². The number of likely N-dealkylation sites (N-methyl/N-ethyl adjacent to an activating group) is 1. The van der Waals surface area contributed by atoms with Crippen LogP contribution in [0.5, 0.6) is 0 Å². The lowest BCUT2D eigenvalue weighted by atomic mass is 9.73. The molecule has 0 aliphatic heterocycles. The summed E-state index contributed by atoms with van der Waals surface area (Å²) in [6.07, 6.45) is 9.96. The Bertz CT molecular complexity index is 288. The first-order valence-electron chi connectivity index (χ1n) is 6.63. The largest absolute Gasteiger partial charge is 0.375 e. The van der Waals surface area contributed by atoms with Gasteiger partial charge in [-0.1, -0.05) is 38.3 Å². The zero-order chi connectivity index (χ0) is 12.2. The van der Waals surface area contributed by atoms with E-state index in [0.717, 1.165) is 6.54 Å². The highest BCUT2D eigenvalue weighted by Crippen LogP contribution is 2.40. The van der Waals surface area contributed by atoms with E-state index in [0.29, 0.717) is 5.41 Å². The van der Waals surface area contributed by atoms with E-state index in [-0.39, 0.29) is 0 Å². The number of nitrogens with zero attached hydrogens (tertiary/aromatic N) is 1. The van der Waals surface area contributed by atoms with Crippen LogP contribution in [0.25, 0.3) is 0 Å². The highest BCUT2D eigenvalue weighted by Gasteiger charge is 2.27. The molecule has 0 fully saturated rings. The molecule has 1 heteroatoms. The van der Waals surface area contributed by atoms with Crippen molar-refractivity contribution in [1.29, 1.82) is 0 Å². The van der Waals surface area contributed by atoms with Gasteiger partial charge in [-0.2, -0.15) is 0 Å². The highest BCUT2D eigenvalue weighted by molar-refractivity contribution is 5.30. The second kappa shape index (κ2) is 5.56. The predicted molar refractivity (Wildman–Crippen MR) is 72.4 cm³/mol. The predicted octanol–water partition coefficient (Wildman–Crippen LogP) is 4.37. The first-order valence-corrected chi connectivity index (χ1v) is 6.63. The zero-order valence-electron chi connectivity index (χ0n) is 11.6. The molecule has 0 heterocycles. The molecule has 0 radical (unpaired) electrons. The minimum absolute atomic E-state index is 0.411. The molecule has 1 atom stereocenters. The minimum atomic E-state index is 0.411. The van der Waals surface area contributed by atoms with Crippen LogP contribution >= 0.6 is 0 Å². The lowest BCUT2D eigenvalue weighted by Crippen LogP contribution is -2.24. The van der Waals surface area contributed by atoms with Gasteiger partial charge in [0.1, 0.15) is 0 Å². The van der Waals surface area contributed by atoms with Gasteiger partial charge in [0.2, 0.25) is 0 Å². The summed E-state index contributed by atoms with van der Waals surface area (Å²) in [5, 5.41) is 0. The second-order valence-corrected chi connectivity index (χ2v) is 5.34. The van der Waals surface area contributed by atoms with Crippen molar-refractivity contribution < 1.29 is 0 Å². The molecule has 1 aliphatic rings. The molecule has 0 amide bonds. The first-order chi connectivity index (χ1) is 7.53. The normalized spacial score (nSPS) is 25.1. The molecule has 0 saturated heterocycles. The summed E-state index contributed by atoms with van der Waals surface area (Å²) in [7, 11) is 2.17. The van der Waals surface area contributed by atoms with Crippen LogP contribution in [0.15, 0.2) is 23.4 Å². The third-order valence-electron chi connectivity index (χ3n) is 4.08. The summed E-state index contributed by atoms with van der Waals surface area (Å²) >= 11 is 0. The maximum atomic E-state index is 2.41. The zero-order valence-corrected chi connectivity index (χ0v) is 11.6. The third kappa shape index (κ3) is 2.90. The van der Waals surface area contributed by atoms with Crippen molar-refractivity contribution in [2.24, 2.45) is 5.41 Å². The van der Waals surface area contributed by atoms with Crippen LogP contribution in [0, 0.1) is 5.41 Å². The molecule has 0 aromatic rings. The fraction of sp³-hybridized carbons (Fsp3) is 0.733. The molecule has 1 nitrogen and oxygen atoms in total. The van der Waals surface area contributed by atoms with Gasteiger partial charge in [0.05, 0.1) is 0 Å². The molecule has 0 N–H and O–H groups in total. The van der Waals surface area contributed by atoms with E-state index in [1.165, 1.54) is 31.4 Å². The lowest BCUT2D eigenvalue weighted by molar-refractivity contribution is 0.340. The summed E-state index contributed by atoms with van der Waals surface area (Å²) in [6, 6.07) is 0. The number of hydrogen-bond acceptors (Lipinski definition) is 1. The smallest absolute Gasteiger partial charge is 0.0322 e. The van der Waals surface area contributed by atoms with Crippen LogP contribution in [0.3, 0.4) is 0 Å². The van der Waals surface area contributed by atoms with Crippen LogP contribution in [0.2, 0.25) is 0 Å². The van der Waals surface area contributed by atoms with Crippen LogP contribution in [-0.2, 0) is 0 Å². The quantitative estimate of drug-likeness (QED) is 0.666. The Balaban J connectivity index is 2.72. The molecule has 1 unspecified atom stereocenters. The number of rotatable bonds is 5. The van der Waals surface area contributed by atoms with Crippen LogP contribution < -0.4 is 0 Å². The summed E-state index contributed by atoms with van der Waals surface area (Å²) in [5.41, 5.74) is 3.36. The van der Waals surface area contributed by atoms with Crippen molar-refractivity contribution in [1.82, 2.24) is 4.90 Å². The van der Waals surface area contributed by atoms with E-state index in [1.54, 1.807) is 5.57 Å². The molecule has 0 aromatic carbocycles. The molecule has 16 heavy (non-hydrogen) atoms. The van der Waals surface area contributed by atoms with Crippen molar-refractivity contribution in [2.75, 3.05) is 13.6 Å². The Morgan fingerprint density at radius 1 is 1.38 bits per heavy atom. The first kappa shape index (κ1) is 13.3. The molecule has 1 aliphatic carbocycles. The van der Waals surface area contributed by atoms with Crippen LogP contribution in [-0.4, -0.2) is 18.5 Å². The Hall–Kier alpha value is -0.720. The molecule has 0 aromatic heterocycles. The van der Waals surface area contributed by atoms with Crippen molar-refractivity contribution in [2.45, 2.75) is 53.4 Å². The average Bonchev–Trinajstić information content (AvgIpc) is 2.29.